The highest BCUT2D eigenvalue weighted by Crippen LogP contribution is 1.92. The van der Waals surface area contributed by atoms with Crippen LogP contribution in [0.1, 0.15) is 0 Å². The van der Waals surface area contributed by atoms with Crippen molar-refractivity contribution in [3.8, 4) is 0 Å². The van der Waals surface area contributed by atoms with Gasteiger partial charge in [-0.2, -0.15) is 0 Å². The number of rotatable bonds is 1. The fourth-order valence-corrected chi connectivity index (χ4v) is 0.663. The molecule has 1 N–H and O–H groups in total. The lowest BCUT2D eigenvalue weighted by Crippen LogP contribution is -2.21. The summed E-state index contributed by atoms with van der Waals surface area (Å²) in [5.41, 5.74) is -0.160. The molecule has 0 aliphatic heterocycles. The van der Waals surface area contributed by atoms with Gasteiger partial charge in [0.25, 0.3) is 5.56 Å². The highest BCUT2D eigenvalue weighted by molar-refractivity contribution is 5.31. The van der Waals surface area contributed by atoms with E-state index in [4.69, 9.17) is 0 Å². The van der Waals surface area contributed by atoms with E-state index < -0.39 is 0 Å². The Morgan fingerprint density at radius 1 is 1.60 bits per heavy atom. The Balaban J connectivity index is 3.16. The maximum atomic E-state index is 10.9. The zero-order valence-electron chi connectivity index (χ0n) is 5.96. The Kier molecular flexibility index (Phi) is 1.71. The van der Waals surface area contributed by atoms with Gasteiger partial charge in [0.05, 0.1) is 0 Å². The predicted molar refractivity (Wildman–Crippen MR) is 39.2 cm³/mol. The van der Waals surface area contributed by atoms with E-state index >= 15 is 0 Å². The van der Waals surface area contributed by atoms with E-state index in [1.807, 2.05) is 0 Å². The molecule has 0 bridgehead atoms. The number of H-pyrrole nitrogens is 1. The van der Waals surface area contributed by atoms with Crippen LogP contribution in [-0.2, 0) is 0 Å². The van der Waals surface area contributed by atoms with Crippen LogP contribution in [0, 0.1) is 0 Å². The molecule has 4 heteroatoms. The second kappa shape index (κ2) is 2.51. The Labute approximate surface area is 58.5 Å². The van der Waals surface area contributed by atoms with Gasteiger partial charge in [0.1, 0.15) is 0 Å². The summed E-state index contributed by atoms with van der Waals surface area (Å²) >= 11 is 0. The van der Waals surface area contributed by atoms with Crippen LogP contribution < -0.4 is 10.5 Å². The lowest BCUT2D eigenvalue weighted by molar-refractivity contribution is 1.01. The Bertz CT molecular complexity index is 266. The molecular weight excluding hydrogens is 130 g/mol. The molecular formula is C6H9N3O. The molecule has 1 aromatic heterocycles. The third-order valence-electron chi connectivity index (χ3n) is 1.11. The van der Waals surface area contributed by atoms with Crippen molar-refractivity contribution < 1.29 is 0 Å². The topological polar surface area (TPSA) is 49.0 Å². The summed E-state index contributed by atoms with van der Waals surface area (Å²) in [6.07, 6.45) is 3.06. The Hall–Kier alpha value is -1.32. The van der Waals surface area contributed by atoms with E-state index in [0.29, 0.717) is 5.82 Å². The average Bonchev–Trinajstić information content (AvgIpc) is 1.88. The van der Waals surface area contributed by atoms with Crippen molar-refractivity contribution >= 4 is 5.82 Å². The normalized spacial score (nSPS) is 9.40. The first-order chi connectivity index (χ1) is 4.72. The fraction of sp³-hybridized carbons (Fsp3) is 0.333. The molecule has 0 aliphatic carbocycles. The van der Waals surface area contributed by atoms with Crippen LogP contribution in [-0.4, -0.2) is 24.1 Å². The zero-order valence-corrected chi connectivity index (χ0v) is 5.96. The number of aromatic nitrogens is 2. The second-order valence-corrected chi connectivity index (χ2v) is 2.14. The van der Waals surface area contributed by atoms with Crippen LogP contribution >= 0.6 is 0 Å². The van der Waals surface area contributed by atoms with Crippen LogP contribution in [0.25, 0.3) is 0 Å². The van der Waals surface area contributed by atoms with Crippen LogP contribution in [0.4, 0.5) is 5.82 Å². The zero-order chi connectivity index (χ0) is 7.56. The monoisotopic (exact) mass is 139 g/mol. The van der Waals surface area contributed by atoms with E-state index in [9.17, 15) is 4.79 Å². The van der Waals surface area contributed by atoms with Crippen molar-refractivity contribution in [1.82, 2.24) is 9.97 Å². The third kappa shape index (κ3) is 1.15. The van der Waals surface area contributed by atoms with Crippen LogP contribution in [0.3, 0.4) is 0 Å². The molecule has 0 radical (unpaired) electrons. The van der Waals surface area contributed by atoms with Crippen LogP contribution in [0.5, 0.6) is 0 Å². The van der Waals surface area contributed by atoms with Gasteiger partial charge in [0, 0.05) is 26.5 Å². The highest BCUT2D eigenvalue weighted by atomic mass is 16.1. The van der Waals surface area contributed by atoms with Gasteiger partial charge in [0.15, 0.2) is 5.82 Å². The quantitative estimate of drug-likeness (QED) is 0.588. The predicted octanol–water partition coefficient (Wildman–Crippen LogP) is -0.164. The van der Waals surface area contributed by atoms with Crippen molar-refractivity contribution in [2.45, 2.75) is 0 Å². The lowest BCUT2D eigenvalue weighted by Gasteiger charge is -2.07. The SMILES string of the molecule is CN(C)c1ncc[nH]c1=O. The summed E-state index contributed by atoms with van der Waals surface area (Å²) in [4.78, 5) is 18.9. The minimum absolute atomic E-state index is 0.160. The molecule has 1 heterocycles. The van der Waals surface area contributed by atoms with Crippen molar-refractivity contribution in [1.29, 1.82) is 0 Å². The van der Waals surface area contributed by atoms with Crippen molar-refractivity contribution in [2.24, 2.45) is 0 Å². The fourth-order valence-electron chi connectivity index (χ4n) is 0.663. The van der Waals surface area contributed by atoms with Gasteiger partial charge in [-0.05, 0) is 0 Å². The van der Waals surface area contributed by atoms with Gasteiger partial charge in [-0.15, -0.1) is 0 Å². The maximum Gasteiger partial charge on any atom is 0.290 e. The van der Waals surface area contributed by atoms with Gasteiger partial charge >= 0.3 is 0 Å². The molecule has 0 fully saturated rings. The number of nitrogens with one attached hydrogen (secondary N) is 1. The Morgan fingerprint density at radius 3 is 2.70 bits per heavy atom. The van der Waals surface area contributed by atoms with E-state index in [0.717, 1.165) is 0 Å². The molecule has 0 amide bonds. The van der Waals surface area contributed by atoms with E-state index in [-0.39, 0.29) is 5.56 Å². The molecule has 0 aliphatic rings. The smallest absolute Gasteiger partial charge is 0.290 e. The minimum atomic E-state index is -0.160. The molecule has 0 saturated heterocycles. The second-order valence-electron chi connectivity index (χ2n) is 2.14. The number of nitrogens with zero attached hydrogens (tertiary/aromatic N) is 2. The van der Waals surface area contributed by atoms with Crippen molar-refractivity contribution in [3.05, 3.63) is 22.7 Å². The Morgan fingerprint density at radius 2 is 2.30 bits per heavy atom. The summed E-state index contributed by atoms with van der Waals surface area (Å²) in [7, 11) is 3.55. The summed E-state index contributed by atoms with van der Waals surface area (Å²) in [6, 6.07) is 0. The van der Waals surface area contributed by atoms with Crippen molar-refractivity contribution in [3.63, 3.8) is 0 Å². The first-order valence-electron chi connectivity index (χ1n) is 2.93. The lowest BCUT2D eigenvalue weighted by atomic mass is 10.6. The van der Waals surface area contributed by atoms with E-state index in [2.05, 4.69) is 9.97 Å². The maximum absolute atomic E-state index is 10.9. The number of aromatic amines is 1. The molecule has 54 valence electrons. The summed E-state index contributed by atoms with van der Waals surface area (Å²) < 4.78 is 0. The average molecular weight is 139 g/mol. The van der Waals surface area contributed by atoms with Gasteiger partial charge in [-0.1, -0.05) is 0 Å². The highest BCUT2D eigenvalue weighted by Gasteiger charge is 1.98. The molecule has 10 heavy (non-hydrogen) atoms. The minimum Gasteiger partial charge on any atom is -0.358 e. The molecule has 4 nitrogen and oxygen atoms in total. The molecule has 0 atom stereocenters. The van der Waals surface area contributed by atoms with Gasteiger partial charge in [0.2, 0.25) is 0 Å². The number of anilines is 1. The molecule has 0 spiro atoms. The number of hydrogen-bond acceptors (Lipinski definition) is 3. The standard InChI is InChI=1S/C6H9N3O/c1-9(2)5-6(10)8-4-3-7-5/h3-4H,1-2H3,(H,8,10). The van der Waals surface area contributed by atoms with Crippen LogP contribution in [0.2, 0.25) is 0 Å². The van der Waals surface area contributed by atoms with Gasteiger partial charge < -0.3 is 9.88 Å². The van der Waals surface area contributed by atoms with Gasteiger partial charge in [-0.25, -0.2) is 4.98 Å². The molecule has 0 saturated carbocycles. The third-order valence-corrected chi connectivity index (χ3v) is 1.11. The summed E-state index contributed by atoms with van der Waals surface area (Å²) in [6.45, 7) is 0. The van der Waals surface area contributed by atoms with Gasteiger partial charge in [-0.3, -0.25) is 4.79 Å². The van der Waals surface area contributed by atoms with Crippen LogP contribution in [0.15, 0.2) is 17.2 Å². The molecule has 0 aromatic carbocycles. The van der Waals surface area contributed by atoms with E-state index in [1.54, 1.807) is 25.2 Å². The molecule has 1 rings (SSSR count). The summed E-state index contributed by atoms with van der Waals surface area (Å²) in [5, 5.41) is 0. The summed E-state index contributed by atoms with van der Waals surface area (Å²) in [5.74, 6) is 0.433. The van der Waals surface area contributed by atoms with Crippen molar-refractivity contribution in [2.75, 3.05) is 19.0 Å². The molecule has 0 unspecified atom stereocenters. The number of hydrogen-bond donors (Lipinski definition) is 1. The first-order valence-corrected chi connectivity index (χ1v) is 2.93. The first kappa shape index (κ1) is 6.80. The van der Waals surface area contributed by atoms with E-state index in [1.165, 1.54) is 6.20 Å². The molecule has 1 aromatic rings. The largest absolute Gasteiger partial charge is 0.358 e.